The first-order valence-electron chi connectivity index (χ1n) is 9.81. The molecule has 1 amide bonds. The van der Waals surface area contributed by atoms with Crippen molar-refractivity contribution in [2.45, 2.75) is 26.2 Å². The molecule has 0 fully saturated rings. The molecule has 7 heteroatoms. The number of hydrogen-bond acceptors (Lipinski definition) is 5. The molecular weight excluding hydrogens is 380 g/mol. The molecule has 1 N–H and O–H groups in total. The van der Waals surface area contributed by atoms with E-state index in [0.29, 0.717) is 30.6 Å². The van der Waals surface area contributed by atoms with Crippen molar-refractivity contribution in [2.24, 2.45) is 0 Å². The Labute approximate surface area is 175 Å². The van der Waals surface area contributed by atoms with Gasteiger partial charge in [0.1, 0.15) is 19.0 Å². The Kier molecular flexibility index (Phi) is 5.27. The monoisotopic (exact) mass is 404 g/mol. The number of benzene rings is 1. The van der Waals surface area contributed by atoms with Crippen LogP contribution in [0.3, 0.4) is 0 Å². The largest absolute Gasteiger partial charge is 0.486 e. The molecule has 0 radical (unpaired) electrons. The lowest BCUT2D eigenvalue weighted by atomic mass is 9.92. The summed E-state index contributed by atoms with van der Waals surface area (Å²) in [6, 6.07) is 13.0. The van der Waals surface area contributed by atoms with Gasteiger partial charge in [-0.05, 0) is 35.9 Å². The quantitative estimate of drug-likeness (QED) is 0.666. The van der Waals surface area contributed by atoms with Gasteiger partial charge in [-0.2, -0.15) is 9.78 Å². The van der Waals surface area contributed by atoms with Crippen molar-refractivity contribution >= 4 is 17.8 Å². The Bertz CT molecular complexity index is 1080. The van der Waals surface area contributed by atoms with Gasteiger partial charge in [0.2, 0.25) is 5.91 Å². The van der Waals surface area contributed by atoms with E-state index in [0.717, 1.165) is 17.0 Å². The lowest BCUT2D eigenvalue weighted by molar-refractivity contribution is -0.111. The summed E-state index contributed by atoms with van der Waals surface area (Å²) in [5, 5.41) is 7.57. The Morgan fingerprint density at radius 1 is 1.10 bits per heavy atom. The van der Waals surface area contributed by atoms with Gasteiger partial charge < -0.3 is 14.8 Å². The highest BCUT2D eigenvalue weighted by Gasteiger charge is 2.21. The summed E-state index contributed by atoms with van der Waals surface area (Å²) in [6.07, 6.45) is 4.92. The van der Waals surface area contributed by atoms with Crippen LogP contribution in [0.25, 0.3) is 11.9 Å². The molecule has 0 saturated heterocycles. The van der Waals surface area contributed by atoms with Crippen molar-refractivity contribution in [3.8, 4) is 17.3 Å². The van der Waals surface area contributed by atoms with E-state index < -0.39 is 0 Å². The van der Waals surface area contributed by atoms with Crippen LogP contribution in [0.1, 0.15) is 32.0 Å². The number of carbonyl (C=O) groups excluding carboxylic acids is 1. The number of rotatable bonds is 4. The third-order valence-corrected chi connectivity index (χ3v) is 4.59. The molecule has 0 bridgehead atoms. The molecule has 1 aliphatic heterocycles. The summed E-state index contributed by atoms with van der Waals surface area (Å²) < 4.78 is 12.8. The summed E-state index contributed by atoms with van der Waals surface area (Å²) in [7, 11) is 0. The Hall–Kier alpha value is -3.61. The van der Waals surface area contributed by atoms with Crippen LogP contribution in [-0.2, 0) is 10.2 Å². The molecule has 3 heterocycles. The smallest absolute Gasteiger partial charge is 0.249 e. The van der Waals surface area contributed by atoms with E-state index >= 15 is 0 Å². The zero-order valence-corrected chi connectivity index (χ0v) is 17.3. The van der Waals surface area contributed by atoms with Crippen molar-refractivity contribution in [3.05, 3.63) is 66.0 Å². The molecule has 4 rings (SSSR count). The number of fused-ring (bicyclic) bond motifs is 1. The van der Waals surface area contributed by atoms with Gasteiger partial charge >= 0.3 is 0 Å². The van der Waals surface area contributed by atoms with Crippen molar-refractivity contribution in [2.75, 3.05) is 18.5 Å². The Balaban J connectivity index is 1.55. The predicted molar refractivity (Wildman–Crippen MR) is 115 cm³/mol. The van der Waals surface area contributed by atoms with Gasteiger partial charge in [-0.15, -0.1) is 0 Å². The van der Waals surface area contributed by atoms with Crippen LogP contribution < -0.4 is 14.8 Å². The first-order valence-corrected chi connectivity index (χ1v) is 9.81. The third kappa shape index (κ3) is 4.35. The highest BCUT2D eigenvalue weighted by atomic mass is 16.6. The van der Waals surface area contributed by atoms with Crippen LogP contribution in [0.15, 0.2) is 54.7 Å². The van der Waals surface area contributed by atoms with Crippen molar-refractivity contribution < 1.29 is 14.3 Å². The predicted octanol–water partition coefficient (Wildman–Crippen LogP) is 3.99. The van der Waals surface area contributed by atoms with Crippen molar-refractivity contribution in [1.29, 1.82) is 0 Å². The van der Waals surface area contributed by atoms with Crippen LogP contribution in [0.2, 0.25) is 0 Å². The number of nitrogens with zero attached hydrogens (tertiary/aromatic N) is 3. The number of amides is 1. The molecular formula is C23H24N4O3. The third-order valence-electron chi connectivity index (χ3n) is 4.59. The van der Waals surface area contributed by atoms with Crippen LogP contribution in [0.4, 0.5) is 5.82 Å². The normalized spacial score (nSPS) is 13.4. The van der Waals surface area contributed by atoms with Gasteiger partial charge in [0, 0.05) is 23.8 Å². The zero-order valence-electron chi connectivity index (χ0n) is 17.3. The van der Waals surface area contributed by atoms with E-state index in [1.54, 1.807) is 17.0 Å². The summed E-state index contributed by atoms with van der Waals surface area (Å²) >= 11 is 0. The minimum Gasteiger partial charge on any atom is -0.486 e. The van der Waals surface area contributed by atoms with Gasteiger partial charge in [0.15, 0.2) is 17.3 Å². The number of carbonyl (C=O) groups is 1. The van der Waals surface area contributed by atoms with Gasteiger partial charge in [-0.3, -0.25) is 4.79 Å². The van der Waals surface area contributed by atoms with Crippen LogP contribution >= 0.6 is 0 Å². The van der Waals surface area contributed by atoms with Gasteiger partial charge in [-0.1, -0.05) is 32.9 Å². The van der Waals surface area contributed by atoms with E-state index in [1.807, 2.05) is 42.5 Å². The minimum atomic E-state index is -0.262. The van der Waals surface area contributed by atoms with Gasteiger partial charge in [-0.25, -0.2) is 4.98 Å². The van der Waals surface area contributed by atoms with Crippen molar-refractivity contribution in [3.63, 3.8) is 0 Å². The Morgan fingerprint density at radius 3 is 2.63 bits per heavy atom. The van der Waals surface area contributed by atoms with Gasteiger partial charge in [0.25, 0.3) is 0 Å². The molecule has 2 aromatic heterocycles. The molecule has 1 aromatic carbocycles. The van der Waals surface area contributed by atoms with E-state index in [2.05, 4.69) is 36.2 Å². The van der Waals surface area contributed by atoms with E-state index in [-0.39, 0.29) is 11.3 Å². The fraction of sp³-hybridized carbons (Fsp3) is 0.261. The number of anilines is 1. The maximum Gasteiger partial charge on any atom is 0.249 e. The highest BCUT2D eigenvalue weighted by Crippen LogP contribution is 2.31. The van der Waals surface area contributed by atoms with E-state index in [1.165, 1.54) is 6.08 Å². The van der Waals surface area contributed by atoms with Crippen LogP contribution in [0.5, 0.6) is 11.5 Å². The maximum atomic E-state index is 12.6. The summed E-state index contributed by atoms with van der Waals surface area (Å²) in [4.78, 5) is 17.0. The number of pyridine rings is 1. The molecule has 30 heavy (non-hydrogen) atoms. The summed E-state index contributed by atoms with van der Waals surface area (Å²) in [5.41, 5.74) is 1.54. The first kappa shape index (κ1) is 19.7. The molecule has 0 unspecified atom stereocenters. The van der Waals surface area contributed by atoms with E-state index in [9.17, 15) is 4.79 Å². The molecule has 0 spiro atoms. The first-order chi connectivity index (χ1) is 14.4. The molecule has 3 aromatic rings. The maximum absolute atomic E-state index is 12.6. The summed E-state index contributed by atoms with van der Waals surface area (Å²) in [5.74, 6) is 2.35. The lowest BCUT2D eigenvalue weighted by Crippen LogP contribution is -2.15. The molecule has 0 saturated carbocycles. The topological polar surface area (TPSA) is 78.3 Å². The molecule has 1 aliphatic rings. The second-order valence-corrected chi connectivity index (χ2v) is 7.99. The van der Waals surface area contributed by atoms with E-state index in [4.69, 9.17) is 9.47 Å². The average Bonchev–Trinajstić information content (AvgIpc) is 3.17. The number of hydrogen-bond donors (Lipinski definition) is 1. The molecule has 0 atom stereocenters. The number of aromatic nitrogens is 3. The standard InChI is InChI=1S/C23H24N4O3/c1-23(2,3)19-15-21(27(26-19)20-6-4-5-11-24-20)25-22(28)10-8-16-7-9-17-18(14-16)30-13-12-29-17/h4-11,14-15H,12-13H2,1-3H3,(H,25,28)/b10-8+. The molecule has 7 nitrogen and oxygen atoms in total. The number of nitrogens with one attached hydrogen (secondary N) is 1. The summed E-state index contributed by atoms with van der Waals surface area (Å²) in [6.45, 7) is 7.29. The van der Waals surface area contributed by atoms with Crippen molar-refractivity contribution in [1.82, 2.24) is 14.8 Å². The van der Waals surface area contributed by atoms with Crippen LogP contribution in [-0.4, -0.2) is 33.9 Å². The second kappa shape index (κ2) is 8.02. The second-order valence-electron chi connectivity index (χ2n) is 7.99. The average molecular weight is 404 g/mol. The van der Waals surface area contributed by atoms with Gasteiger partial charge in [0.05, 0.1) is 5.69 Å². The fourth-order valence-electron chi connectivity index (χ4n) is 2.99. The van der Waals surface area contributed by atoms with Crippen LogP contribution in [0, 0.1) is 0 Å². The zero-order chi connectivity index (χ0) is 21.1. The minimum absolute atomic E-state index is 0.166. The molecule has 154 valence electrons. The SMILES string of the molecule is CC(C)(C)c1cc(NC(=O)/C=C/c2ccc3c(c2)OCCO3)n(-c2ccccn2)n1. The number of ether oxygens (including phenoxy) is 2. The lowest BCUT2D eigenvalue weighted by Gasteiger charge is -2.18. The highest BCUT2D eigenvalue weighted by molar-refractivity contribution is 6.01. The Morgan fingerprint density at radius 2 is 1.90 bits per heavy atom. The fourth-order valence-corrected chi connectivity index (χ4v) is 2.99. The molecule has 0 aliphatic carbocycles.